The normalized spacial score (nSPS) is 18.5. The lowest BCUT2D eigenvalue weighted by molar-refractivity contribution is -0.302. The Morgan fingerprint density at radius 3 is 1.04 bits per heavy atom. The van der Waals surface area contributed by atoms with E-state index in [1.165, 1.54) is 173 Å². The first kappa shape index (κ1) is 86.1. The molecule has 1 aliphatic heterocycles. The summed E-state index contributed by atoms with van der Waals surface area (Å²) in [5, 5.41) is 54.8. The molecule has 1 saturated heterocycles. The molecule has 9 nitrogen and oxygen atoms in total. The second kappa shape index (κ2) is 69.9. The van der Waals surface area contributed by atoms with Crippen molar-refractivity contribution in [3.63, 3.8) is 0 Å². The van der Waals surface area contributed by atoms with Crippen molar-refractivity contribution in [2.45, 2.75) is 358 Å². The highest BCUT2D eigenvalue weighted by Gasteiger charge is 2.44. The quantitative estimate of drug-likeness (QED) is 0.0261. The predicted molar refractivity (Wildman–Crippen MR) is 396 cm³/mol. The highest BCUT2D eigenvalue weighted by Crippen LogP contribution is 2.23. The highest BCUT2D eigenvalue weighted by atomic mass is 16.7. The van der Waals surface area contributed by atoms with E-state index in [4.69, 9.17) is 9.47 Å². The maximum atomic E-state index is 13.2. The van der Waals surface area contributed by atoms with Gasteiger partial charge in [-0.2, -0.15) is 0 Å². The molecule has 1 heterocycles. The molecule has 7 unspecified atom stereocenters. The van der Waals surface area contributed by atoms with Crippen LogP contribution in [0.3, 0.4) is 0 Å². The first-order valence-corrected chi connectivity index (χ1v) is 38.1. The molecule has 0 aromatic heterocycles. The highest BCUT2D eigenvalue weighted by molar-refractivity contribution is 5.76. The third-order valence-corrected chi connectivity index (χ3v) is 17.1. The summed E-state index contributed by atoms with van der Waals surface area (Å²) in [5.41, 5.74) is 0. The minimum atomic E-state index is -1.59. The Kier molecular flexibility index (Phi) is 65.4. The average molecular weight is 1280 g/mol. The molecule has 0 aromatic carbocycles. The molecule has 1 amide bonds. The number of allylic oxidation sites excluding steroid dienone is 23. The maximum absolute atomic E-state index is 13.2. The van der Waals surface area contributed by atoms with Crippen LogP contribution in [0.15, 0.2) is 146 Å². The fourth-order valence-corrected chi connectivity index (χ4v) is 11.2. The van der Waals surface area contributed by atoms with E-state index in [1.807, 2.05) is 6.08 Å². The predicted octanol–water partition coefficient (Wildman–Crippen LogP) is 21.7. The molecule has 6 N–H and O–H groups in total. The summed E-state index contributed by atoms with van der Waals surface area (Å²) >= 11 is 0. The fourth-order valence-electron chi connectivity index (χ4n) is 11.2. The van der Waals surface area contributed by atoms with E-state index in [0.717, 1.165) is 122 Å². The van der Waals surface area contributed by atoms with Crippen LogP contribution in [0, 0.1) is 0 Å². The first-order valence-electron chi connectivity index (χ1n) is 38.1. The Bertz CT molecular complexity index is 1970. The number of rotatable bonds is 65. The Morgan fingerprint density at radius 1 is 0.380 bits per heavy atom. The van der Waals surface area contributed by atoms with E-state index in [1.54, 1.807) is 6.08 Å². The molecule has 0 saturated carbocycles. The number of aliphatic hydroxyl groups excluding tert-OH is 5. The molecule has 0 bridgehead atoms. The van der Waals surface area contributed by atoms with Crippen LogP contribution < -0.4 is 5.32 Å². The van der Waals surface area contributed by atoms with Gasteiger partial charge in [0.05, 0.1) is 25.4 Å². The van der Waals surface area contributed by atoms with Crippen molar-refractivity contribution in [1.82, 2.24) is 5.32 Å². The van der Waals surface area contributed by atoms with Crippen molar-refractivity contribution >= 4 is 5.91 Å². The largest absolute Gasteiger partial charge is 0.394 e. The molecule has 7 atom stereocenters. The van der Waals surface area contributed by atoms with Crippen LogP contribution in [0.25, 0.3) is 0 Å². The van der Waals surface area contributed by atoms with Crippen LogP contribution >= 0.6 is 0 Å². The standard InChI is InChI=1S/C83H141NO8/c1-3-5-7-9-11-13-15-17-19-21-23-25-27-29-31-33-35-37-38-39-40-41-43-45-47-49-51-53-55-57-59-61-63-65-67-69-71-73-79(87)84-76(75-91-83-82(90)81(89)80(88)78(74-85)92-83)77(86)72-70-68-66-64-62-60-58-56-54-52-50-48-46-44-42-36-34-32-30-28-26-24-22-20-18-16-14-12-10-8-6-4-2/h5,7,11,13,17,19,23,25,29,31,35,37,39-40,43,45,49,51,54,56,62,64,70,72,76-78,80-83,85-86,88-90H,3-4,6,8-10,12,14-16,18,20-22,24,26-28,30,32-34,36,38,41-42,44,46-48,50,52-53,55,57-61,63,65-69,71,73-75H2,1-2H3,(H,84,87)/b7-5-,13-11-,19-17-,25-23-,31-29-,37-35-,40-39-,45-43-,51-49-,56-54+,64-62+,72-70+. The molecule has 9 heteroatoms. The fraction of sp³-hybridized carbons (Fsp3) is 0.699. The number of hydrogen-bond acceptors (Lipinski definition) is 8. The number of hydrogen-bond donors (Lipinski definition) is 6. The molecular formula is C83H141NO8. The molecule has 0 radical (unpaired) electrons. The maximum Gasteiger partial charge on any atom is 0.220 e. The van der Waals surface area contributed by atoms with Crippen molar-refractivity contribution in [2.75, 3.05) is 13.2 Å². The number of carbonyl (C=O) groups excluding carboxylic acids is 1. The van der Waals surface area contributed by atoms with Crippen molar-refractivity contribution in [1.29, 1.82) is 0 Å². The molecule has 1 rings (SSSR count). The van der Waals surface area contributed by atoms with Gasteiger partial charge < -0.3 is 40.3 Å². The van der Waals surface area contributed by atoms with Crippen molar-refractivity contribution < 1.29 is 39.8 Å². The molecule has 0 spiro atoms. The summed E-state index contributed by atoms with van der Waals surface area (Å²) in [6, 6.07) is -0.845. The molecule has 1 aliphatic rings. The molecule has 526 valence electrons. The van der Waals surface area contributed by atoms with Crippen molar-refractivity contribution in [3.8, 4) is 0 Å². The second-order valence-corrected chi connectivity index (χ2v) is 25.7. The van der Waals surface area contributed by atoms with E-state index in [-0.39, 0.29) is 12.5 Å². The minimum Gasteiger partial charge on any atom is -0.394 e. The lowest BCUT2D eigenvalue weighted by Crippen LogP contribution is -2.60. The summed E-state index contributed by atoms with van der Waals surface area (Å²) in [7, 11) is 0. The van der Waals surface area contributed by atoms with Gasteiger partial charge in [-0.25, -0.2) is 0 Å². The van der Waals surface area contributed by atoms with Gasteiger partial charge in [-0.15, -0.1) is 0 Å². The van der Waals surface area contributed by atoms with Gasteiger partial charge in [0.1, 0.15) is 24.4 Å². The monoisotopic (exact) mass is 1280 g/mol. The summed E-state index contributed by atoms with van der Waals surface area (Å²) in [6.07, 6.45) is 101. The topological polar surface area (TPSA) is 149 Å². The summed E-state index contributed by atoms with van der Waals surface area (Å²) in [5.74, 6) is -0.200. The zero-order valence-corrected chi connectivity index (χ0v) is 59.0. The summed E-state index contributed by atoms with van der Waals surface area (Å²) in [4.78, 5) is 13.2. The Labute approximate surface area is 565 Å². The van der Waals surface area contributed by atoms with Gasteiger partial charge in [0.2, 0.25) is 5.91 Å². The molecule has 1 fully saturated rings. The van der Waals surface area contributed by atoms with Gasteiger partial charge in [0.25, 0.3) is 0 Å². The number of carbonyl (C=O) groups is 1. The van der Waals surface area contributed by atoms with Crippen LogP contribution in [-0.4, -0.2) is 87.5 Å². The molecule has 92 heavy (non-hydrogen) atoms. The SMILES string of the molecule is CC/C=C\C/C=C\C/C=C\C/C=C\C/C=C\C/C=C\C/C=C\C/C=C\C/C=C\CCCCCCCCCCCC(=O)NC(COC1OC(CO)C(O)C(O)C1O)C(O)/C=C/CC/C=C/CC/C=C/CCCCCCCCCCCCCCCCCCCCCCCC. The summed E-state index contributed by atoms with van der Waals surface area (Å²) < 4.78 is 11.3. The third-order valence-electron chi connectivity index (χ3n) is 17.1. The van der Waals surface area contributed by atoms with Gasteiger partial charge in [0.15, 0.2) is 6.29 Å². The molecule has 0 aromatic rings. The lowest BCUT2D eigenvalue weighted by atomic mass is 9.99. The Hall–Kier alpha value is -3.93. The number of amides is 1. The Morgan fingerprint density at radius 2 is 0.685 bits per heavy atom. The van der Waals surface area contributed by atoms with Crippen LogP contribution in [-0.2, 0) is 14.3 Å². The zero-order chi connectivity index (χ0) is 66.4. The first-order chi connectivity index (χ1) is 45.3. The van der Waals surface area contributed by atoms with E-state index in [0.29, 0.717) is 6.42 Å². The second-order valence-electron chi connectivity index (χ2n) is 25.7. The van der Waals surface area contributed by atoms with E-state index < -0.39 is 49.5 Å². The van der Waals surface area contributed by atoms with Gasteiger partial charge in [-0.3, -0.25) is 4.79 Å². The van der Waals surface area contributed by atoms with E-state index >= 15 is 0 Å². The number of aliphatic hydroxyl groups is 5. The molecule has 0 aliphatic carbocycles. The van der Waals surface area contributed by atoms with E-state index in [2.05, 4.69) is 153 Å². The van der Waals surface area contributed by atoms with Crippen LogP contribution in [0.4, 0.5) is 0 Å². The van der Waals surface area contributed by atoms with Crippen molar-refractivity contribution in [2.24, 2.45) is 0 Å². The molecular weight excluding hydrogens is 1140 g/mol. The Balaban J connectivity index is 2.17. The van der Waals surface area contributed by atoms with Gasteiger partial charge in [-0.05, 0) is 116 Å². The number of unbranched alkanes of at least 4 members (excludes halogenated alkanes) is 33. The van der Waals surface area contributed by atoms with Gasteiger partial charge in [0, 0.05) is 6.42 Å². The average Bonchev–Trinajstić information content (AvgIpc) is 1.00. The zero-order valence-electron chi connectivity index (χ0n) is 59.0. The summed E-state index contributed by atoms with van der Waals surface area (Å²) in [6.45, 7) is 3.66. The third kappa shape index (κ3) is 57.5. The van der Waals surface area contributed by atoms with Crippen LogP contribution in [0.1, 0.15) is 316 Å². The minimum absolute atomic E-state index is 0.200. The number of nitrogens with one attached hydrogen (secondary N) is 1. The number of ether oxygens (including phenoxy) is 2. The van der Waals surface area contributed by atoms with E-state index in [9.17, 15) is 30.3 Å². The van der Waals surface area contributed by atoms with Gasteiger partial charge >= 0.3 is 0 Å². The van der Waals surface area contributed by atoms with Gasteiger partial charge in [-0.1, -0.05) is 339 Å². The van der Waals surface area contributed by atoms with Crippen molar-refractivity contribution in [3.05, 3.63) is 146 Å². The van der Waals surface area contributed by atoms with Crippen LogP contribution in [0.5, 0.6) is 0 Å². The van der Waals surface area contributed by atoms with Crippen LogP contribution in [0.2, 0.25) is 0 Å². The smallest absolute Gasteiger partial charge is 0.220 e. The lowest BCUT2D eigenvalue weighted by Gasteiger charge is -2.40.